The first-order valence-electron chi connectivity index (χ1n) is 11.7. The highest BCUT2D eigenvalue weighted by Gasteiger charge is 2.20. The first kappa shape index (κ1) is 22.4. The van der Waals surface area contributed by atoms with Gasteiger partial charge in [-0.05, 0) is 60.3 Å². The molecule has 5 rings (SSSR count). The second kappa shape index (κ2) is 10.7. The first-order chi connectivity index (χ1) is 16.8. The predicted octanol–water partition coefficient (Wildman–Crippen LogP) is 5.70. The third-order valence-electron chi connectivity index (χ3n) is 6.14. The molecule has 1 fully saturated rings. The lowest BCUT2D eigenvalue weighted by Crippen LogP contribution is -2.35. The molecule has 1 aliphatic rings. The van der Waals surface area contributed by atoms with E-state index in [-0.39, 0.29) is 5.91 Å². The number of amides is 1. The summed E-state index contributed by atoms with van der Waals surface area (Å²) in [6, 6.07) is 28.5. The molecule has 0 atom stereocenters. The van der Waals surface area contributed by atoms with Crippen LogP contribution in [0.25, 0.3) is 10.9 Å². The summed E-state index contributed by atoms with van der Waals surface area (Å²) in [5.41, 5.74) is 4.00. The van der Waals surface area contributed by atoms with Crippen LogP contribution in [0, 0.1) is 0 Å². The summed E-state index contributed by atoms with van der Waals surface area (Å²) < 4.78 is 3.40. The molecule has 1 aliphatic heterocycles. The molecule has 34 heavy (non-hydrogen) atoms. The van der Waals surface area contributed by atoms with Crippen LogP contribution in [0.4, 0.5) is 5.69 Å². The molecular formula is C28H28N4OS. The molecular weight excluding hydrogens is 440 g/mol. The Bertz CT molecular complexity index is 1240. The molecule has 5 nitrogen and oxygen atoms in total. The normalized spacial score (nSPS) is 14.6. The Morgan fingerprint density at radius 3 is 2.53 bits per heavy atom. The van der Waals surface area contributed by atoms with Gasteiger partial charge in [-0.15, -0.1) is 0 Å². The molecule has 0 saturated carbocycles. The van der Waals surface area contributed by atoms with Crippen LogP contribution in [0.15, 0.2) is 96.0 Å². The van der Waals surface area contributed by atoms with Crippen molar-refractivity contribution in [2.45, 2.75) is 17.9 Å². The fourth-order valence-electron chi connectivity index (χ4n) is 4.32. The number of nitrogens with one attached hydrogen (secondary N) is 1. The highest BCUT2D eigenvalue weighted by molar-refractivity contribution is 8.00. The van der Waals surface area contributed by atoms with Crippen molar-refractivity contribution < 1.29 is 4.79 Å². The predicted molar refractivity (Wildman–Crippen MR) is 140 cm³/mol. The minimum Gasteiger partial charge on any atom is -0.337 e. The summed E-state index contributed by atoms with van der Waals surface area (Å²) in [5, 5.41) is 1.11. The van der Waals surface area contributed by atoms with Crippen LogP contribution in [-0.4, -0.2) is 46.9 Å². The molecule has 0 spiro atoms. The Morgan fingerprint density at radius 1 is 0.853 bits per heavy atom. The van der Waals surface area contributed by atoms with E-state index in [9.17, 15) is 4.79 Å². The molecule has 0 bridgehead atoms. The molecule has 172 valence electrons. The zero-order valence-corrected chi connectivity index (χ0v) is 19.9. The van der Waals surface area contributed by atoms with Crippen LogP contribution in [0.2, 0.25) is 0 Å². The number of hydrogen-bond donors (Lipinski definition) is 1. The highest BCUT2D eigenvalue weighted by Crippen LogP contribution is 2.27. The Kier molecular flexibility index (Phi) is 7.08. The summed E-state index contributed by atoms with van der Waals surface area (Å²) in [7, 11) is 0. The zero-order valence-electron chi connectivity index (χ0n) is 19.1. The number of hydrogen-bond acceptors (Lipinski definition) is 5. The quantitative estimate of drug-likeness (QED) is 0.368. The fraction of sp³-hybridized carbons (Fsp3) is 0.214. The topological polar surface area (TPSA) is 48.5 Å². The van der Waals surface area contributed by atoms with Gasteiger partial charge in [0.15, 0.2) is 0 Å². The van der Waals surface area contributed by atoms with Gasteiger partial charge in [0.05, 0.1) is 11.2 Å². The van der Waals surface area contributed by atoms with Crippen LogP contribution in [0.5, 0.6) is 0 Å². The van der Waals surface area contributed by atoms with Crippen molar-refractivity contribution in [1.82, 2.24) is 14.8 Å². The molecule has 1 aromatic heterocycles. The lowest BCUT2D eigenvalue weighted by molar-refractivity contribution is 0.0761. The number of rotatable bonds is 6. The standard InChI is InChI=1S/C28H28N4OS/c33-28(32-18-6-17-31(19-20-32)21-22-7-2-1-3-8-22)24-12-14-25(15-13-24)34-30-26-11-4-9-23-10-5-16-29-27(23)26/h1-5,7-16,30H,6,17-21H2. The lowest BCUT2D eigenvalue weighted by Gasteiger charge is -2.22. The van der Waals surface area contributed by atoms with Gasteiger partial charge in [-0.1, -0.05) is 48.5 Å². The van der Waals surface area contributed by atoms with Crippen LogP contribution in [0.3, 0.4) is 0 Å². The largest absolute Gasteiger partial charge is 0.337 e. The Morgan fingerprint density at radius 2 is 1.68 bits per heavy atom. The summed E-state index contributed by atoms with van der Waals surface area (Å²) in [6.45, 7) is 4.42. The average molecular weight is 469 g/mol. The number of anilines is 1. The van der Waals surface area contributed by atoms with E-state index in [1.807, 2.05) is 59.6 Å². The van der Waals surface area contributed by atoms with Crippen LogP contribution < -0.4 is 4.72 Å². The average Bonchev–Trinajstić information content (AvgIpc) is 3.13. The van der Waals surface area contributed by atoms with Gasteiger partial charge in [0, 0.05) is 54.8 Å². The van der Waals surface area contributed by atoms with E-state index in [0.717, 1.165) is 66.2 Å². The summed E-state index contributed by atoms with van der Waals surface area (Å²) in [4.78, 5) is 23.1. The van der Waals surface area contributed by atoms with Gasteiger partial charge < -0.3 is 9.62 Å². The third-order valence-corrected chi connectivity index (χ3v) is 6.97. The molecule has 1 N–H and O–H groups in total. The van der Waals surface area contributed by atoms with Crippen molar-refractivity contribution in [3.63, 3.8) is 0 Å². The molecule has 3 aromatic carbocycles. The van der Waals surface area contributed by atoms with E-state index < -0.39 is 0 Å². The van der Waals surface area contributed by atoms with E-state index in [0.29, 0.717) is 0 Å². The molecule has 1 amide bonds. The molecule has 4 aromatic rings. The third kappa shape index (κ3) is 5.41. The number of pyridine rings is 1. The summed E-state index contributed by atoms with van der Waals surface area (Å²) in [5.74, 6) is 0.115. The molecule has 1 saturated heterocycles. The van der Waals surface area contributed by atoms with Gasteiger partial charge in [-0.3, -0.25) is 14.7 Å². The Labute approximate surface area is 204 Å². The Balaban J connectivity index is 1.17. The second-order valence-electron chi connectivity index (χ2n) is 8.52. The van der Waals surface area contributed by atoms with Gasteiger partial charge in [0.2, 0.25) is 0 Å². The minimum absolute atomic E-state index is 0.115. The maximum atomic E-state index is 13.1. The van der Waals surface area contributed by atoms with E-state index in [1.165, 1.54) is 17.5 Å². The summed E-state index contributed by atoms with van der Waals surface area (Å²) >= 11 is 1.53. The lowest BCUT2D eigenvalue weighted by atomic mass is 10.2. The van der Waals surface area contributed by atoms with Gasteiger partial charge in [0.25, 0.3) is 5.91 Å². The minimum atomic E-state index is 0.115. The monoisotopic (exact) mass is 468 g/mol. The smallest absolute Gasteiger partial charge is 0.253 e. The van der Waals surface area contributed by atoms with Gasteiger partial charge in [-0.2, -0.15) is 0 Å². The van der Waals surface area contributed by atoms with Crippen molar-refractivity contribution in [1.29, 1.82) is 0 Å². The fourth-order valence-corrected chi connectivity index (χ4v) is 4.99. The van der Waals surface area contributed by atoms with E-state index in [2.05, 4.69) is 51.0 Å². The number of carbonyl (C=O) groups is 1. The number of para-hydroxylation sites is 1. The molecule has 0 unspecified atom stereocenters. The van der Waals surface area contributed by atoms with Crippen LogP contribution in [-0.2, 0) is 6.54 Å². The van der Waals surface area contributed by atoms with Crippen molar-refractivity contribution in [3.8, 4) is 0 Å². The number of nitrogens with zero attached hydrogens (tertiary/aromatic N) is 3. The number of aromatic nitrogens is 1. The maximum Gasteiger partial charge on any atom is 0.253 e. The Hall–Kier alpha value is -3.35. The van der Waals surface area contributed by atoms with Crippen molar-refractivity contribution in [2.24, 2.45) is 0 Å². The van der Waals surface area contributed by atoms with Crippen molar-refractivity contribution in [2.75, 3.05) is 30.9 Å². The van der Waals surface area contributed by atoms with E-state index >= 15 is 0 Å². The number of carbonyl (C=O) groups excluding carboxylic acids is 1. The SMILES string of the molecule is O=C(c1ccc(SNc2cccc3cccnc23)cc1)N1CCCN(Cc2ccccc2)CC1. The molecule has 6 heteroatoms. The van der Waals surface area contributed by atoms with E-state index in [1.54, 1.807) is 0 Å². The van der Waals surface area contributed by atoms with Gasteiger partial charge in [-0.25, -0.2) is 0 Å². The van der Waals surface area contributed by atoms with Crippen LogP contribution in [0.1, 0.15) is 22.3 Å². The second-order valence-corrected chi connectivity index (χ2v) is 9.40. The number of fused-ring (bicyclic) bond motifs is 1. The van der Waals surface area contributed by atoms with Crippen molar-refractivity contribution >= 4 is 34.4 Å². The number of benzene rings is 3. The van der Waals surface area contributed by atoms with E-state index in [4.69, 9.17) is 0 Å². The first-order valence-corrected chi connectivity index (χ1v) is 12.5. The molecule has 2 heterocycles. The highest BCUT2D eigenvalue weighted by atomic mass is 32.2. The molecule has 0 radical (unpaired) electrons. The molecule has 0 aliphatic carbocycles. The van der Waals surface area contributed by atoms with Crippen molar-refractivity contribution in [3.05, 3.63) is 102 Å². The van der Waals surface area contributed by atoms with Crippen LogP contribution >= 0.6 is 11.9 Å². The maximum absolute atomic E-state index is 13.1. The van der Waals surface area contributed by atoms with Gasteiger partial charge >= 0.3 is 0 Å². The van der Waals surface area contributed by atoms with Gasteiger partial charge in [0.1, 0.15) is 0 Å². The zero-order chi connectivity index (χ0) is 23.2. The summed E-state index contributed by atoms with van der Waals surface area (Å²) in [6.07, 6.45) is 2.80.